The van der Waals surface area contributed by atoms with Crippen molar-refractivity contribution in [3.63, 3.8) is 0 Å². The zero-order valence-corrected chi connectivity index (χ0v) is 12.0. The van der Waals surface area contributed by atoms with Gasteiger partial charge in [0, 0.05) is 17.4 Å². The first-order valence-electron chi connectivity index (χ1n) is 6.29. The fraction of sp³-hybridized carbons (Fsp3) is 0.727. The van der Waals surface area contributed by atoms with Gasteiger partial charge in [0.1, 0.15) is 12.4 Å². The Morgan fingerprint density at radius 2 is 2.47 bits per heavy atom. The van der Waals surface area contributed by atoms with Crippen molar-refractivity contribution in [2.45, 2.75) is 42.8 Å². The molecule has 8 heteroatoms. The Kier molecular flexibility index (Phi) is 4.89. The van der Waals surface area contributed by atoms with E-state index < -0.39 is 11.0 Å². The van der Waals surface area contributed by atoms with E-state index in [1.165, 1.54) is 23.4 Å². The van der Waals surface area contributed by atoms with Gasteiger partial charge in [-0.05, 0) is 17.8 Å². The van der Waals surface area contributed by atoms with Crippen LogP contribution in [0.2, 0.25) is 0 Å². The molecule has 0 amide bonds. The highest BCUT2D eigenvalue weighted by Gasteiger charge is 2.25. The minimum Gasteiger partial charge on any atom is -0.390 e. The molecule has 1 aromatic rings. The third-order valence-electron chi connectivity index (χ3n) is 3.31. The second-order valence-corrected chi connectivity index (χ2v) is 5.93. The van der Waals surface area contributed by atoms with Crippen LogP contribution < -0.4 is 5.32 Å². The van der Waals surface area contributed by atoms with E-state index in [1.54, 1.807) is 0 Å². The van der Waals surface area contributed by atoms with Crippen LogP contribution in [-0.2, 0) is 6.54 Å². The number of alkyl halides is 1. The number of nitro groups is 1. The number of halogens is 1. The lowest BCUT2D eigenvalue weighted by Crippen LogP contribution is -2.39. The maximum Gasteiger partial charge on any atom is 0.434 e. The van der Waals surface area contributed by atoms with Crippen LogP contribution in [-0.4, -0.2) is 43.1 Å². The Bertz CT molecular complexity index is 439. The van der Waals surface area contributed by atoms with Crippen LogP contribution >= 0.6 is 15.9 Å². The van der Waals surface area contributed by atoms with Crippen molar-refractivity contribution in [2.75, 3.05) is 6.54 Å². The monoisotopic (exact) mass is 332 g/mol. The molecule has 0 saturated heterocycles. The van der Waals surface area contributed by atoms with E-state index in [-0.39, 0.29) is 12.5 Å². The van der Waals surface area contributed by atoms with E-state index in [0.717, 1.165) is 12.8 Å². The van der Waals surface area contributed by atoms with Crippen molar-refractivity contribution in [1.29, 1.82) is 0 Å². The molecule has 1 fully saturated rings. The van der Waals surface area contributed by atoms with Gasteiger partial charge in [-0.2, -0.15) is 0 Å². The zero-order valence-electron chi connectivity index (χ0n) is 10.4. The standard InChI is InChI=1S/C11H17BrN4O3/c12-9-2-1-3-10(9)14-6-8(17)7-15-5-4-13-11(15)16(18)19/h4-5,8-10,14,17H,1-3,6-7H2/t8?,9-,10-/m1/s1. The van der Waals surface area contributed by atoms with Crippen LogP contribution in [0.4, 0.5) is 5.95 Å². The summed E-state index contributed by atoms with van der Waals surface area (Å²) in [6.45, 7) is 0.588. The molecular weight excluding hydrogens is 316 g/mol. The number of aliphatic hydroxyl groups excluding tert-OH is 1. The van der Waals surface area contributed by atoms with Gasteiger partial charge in [-0.1, -0.05) is 27.3 Å². The summed E-state index contributed by atoms with van der Waals surface area (Å²) in [5.74, 6) is -0.238. The average Bonchev–Trinajstić information content (AvgIpc) is 2.95. The van der Waals surface area contributed by atoms with Crippen LogP contribution in [0.1, 0.15) is 19.3 Å². The lowest BCUT2D eigenvalue weighted by Gasteiger charge is -2.18. The highest BCUT2D eigenvalue weighted by Crippen LogP contribution is 2.25. The Morgan fingerprint density at radius 1 is 1.68 bits per heavy atom. The first-order chi connectivity index (χ1) is 9.08. The van der Waals surface area contributed by atoms with Crippen molar-refractivity contribution < 1.29 is 10.0 Å². The van der Waals surface area contributed by atoms with Gasteiger partial charge in [0.15, 0.2) is 0 Å². The second kappa shape index (κ2) is 6.44. The lowest BCUT2D eigenvalue weighted by atomic mass is 10.2. The lowest BCUT2D eigenvalue weighted by molar-refractivity contribution is -0.397. The average molecular weight is 333 g/mol. The summed E-state index contributed by atoms with van der Waals surface area (Å²) in [5, 5.41) is 23.9. The van der Waals surface area contributed by atoms with Crippen LogP contribution in [0, 0.1) is 10.1 Å². The van der Waals surface area contributed by atoms with Crippen molar-refractivity contribution >= 4 is 21.9 Å². The van der Waals surface area contributed by atoms with E-state index in [4.69, 9.17) is 0 Å². The van der Waals surface area contributed by atoms with Crippen LogP contribution in [0.5, 0.6) is 0 Å². The molecule has 19 heavy (non-hydrogen) atoms. The minimum absolute atomic E-state index is 0.170. The molecule has 1 unspecified atom stereocenters. The van der Waals surface area contributed by atoms with E-state index >= 15 is 0 Å². The normalized spacial score (nSPS) is 24.5. The number of aliphatic hydroxyl groups is 1. The molecule has 0 spiro atoms. The van der Waals surface area contributed by atoms with Gasteiger partial charge in [0.05, 0.1) is 12.6 Å². The van der Waals surface area contributed by atoms with Crippen molar-refractivity contribution in [2.24, 2.45) is 0 Å². The Balaban J connectivity index is 1.82. The predicted octanol–water partition coefficient (Wildman–Crippen LogP) is 1.06. The molecule has 1 aliphatic rings. The van der Waals surface area contributed by atoms with Gasteiger partial charge < -0.3 is 20.5 Å². The van der Waals surface area contributed by atoms with Gasteiger partial charge >= 0.3 is 5.95 Å². The third-order valence-corrected chi connectivity index (χ3v) is 4.41. The van der Waals surface area contributed by atoms with Gasteiger partial charge in [0.2, 0.25) is 0 Å². The summed E-state index contributed by atoms with van der Waals surface area (Å²) in [6.07, 6.45) is 5.60. The molecule has 1 aromatic heterocycles. The summed E-state index contributed by atoms with van der Waals surface area (Å²) in [5.41, 5.74) is 0. The SMILES string of the molecule is O=[N+]([O-])c1nccn1CC(O)CN[C@@H]1CCC[C@H]1Br. The number of hydrogen-bond donors (Lipinski definition) is 2. The van der Waals surface area contributed by atoms with Crippen molar-refractivity contribution in [3.05, 3.63) is 22.5 Å². The molecule has 0 aliphatic heterocycles. The van der Waals surface area contributed by atoms with E-state index in [1.807, 2.05) is 0 Å². The first-order valence-corrected chi connectivity index (χ1v) is 7.20. The number of imidazole rings is 1. The highest BCUT2D eigenvalue weighted by atomic mass is 79.9. The fourth-order valence-corrected chi connectivity index (χ4v) is 3.11. The van der Waals surface area contributed by atoms with Gasteiger partial charge in [0.25, 0.3) is 0 Å². The Hall–Kier alpha value is -0.990. The predicted molar refractivity (Wildman–Crippen MR) is 73.2 cm³/mol. The molecule has 2 N–H and O–H groups in total. The van der Waals surface area contributed by atoms with Gasteiger partial charge in [-0.15, -0.1) is 0 Å². The Morgan fingerprint density at radius 3 is 3.11 bits per heavy atom. The second-order valence-electron chi connectivity index (χ2n) is 4.75. The molecular formula is C11H17BrN4O3. The van der Waals surface area contributed by atoms with E-state index in [0.29, 0.717) is 17.4 Å². The minimum atomic E-state index is -0.673. The zero-order chi connectivity index (χ0) is 13.8. The summed E-state index contributed by atoms with van der Waals surface area (Å²) in [7, 11) is 0. The summed E-state index contributed by atoms with van der Waals surface area (Å²) >= 11 is 3.60. The Labute approximate surface area is 119 Å². The largest absolute Gasteiger partial charge is 0.434 e. The van der Waals surface area contributed by atoms with Crippen LogP contribution in [0.3, 0.4) is 0 Å². The summed E-state index contributed by atoms with van der Waals surface area (Å²) in [6, 6.07) is 0.368. The first kappa shape index (κ1) is 14.4. The molecule has 7 nitrogen and oxygen atoms in total. The molecule has 1 heterocycles. The molecule has 3 atom stereocenters. The van der Waals surface area contributed by atoms with Crippen molar-refractivity contribution in [3.8, 4) is 0 Å². The third kappa shape index (κ3) is 3.74. The molecule has 1 aliphatic carbocycles. The van der Waals surface area contributed by atoms with Gasteiger partial charge in [-0.25, -0.2) is 4.57 Å². The quantitative estimate of drug-likeness (QED) is 0.461. The number of hydrogen-bond acceptors (Lipinski definition) is 5. The van der Waals surface area contributed by atoms with E-state index in [2.05, 4.69) is 26.2 Å². The molecule has 1 saturated carbocycles. The van der Waals surface area contributed by atoms with Gasteiger partial charge in [-0.3, -0.25) is 0 Å². The topological polar surface area (TPSA) is 93.2 Å². The summed E-state index contributed by atoms with van der Waals surface area (Å²) in [4.78, 5) is 14.2. The highest BCUT2D eigenvalue weighted by molar-refractivity contribution is 9.09. The summed E-state index contributed by atoms with van der Waals surface area (Å²) < 4.78 is 1.35. The maximum absolute atomic E-state index is 10.7. The number of aromatic nitrogens is 2. The number of nitrogens with zero attached hydrogens (tertiary/aromatic N) is 3. The molecule has 106 valence electrons. The van der Waals surface area contributed by atoms with Crippen LogP contribution in [0.25, 0.3) is 0 Å². The van der Waals surface area contributed by atoms with E-state index in [9.17, 15) is 15.2 Å². The molecule has 0 bridgehead atoms. The molecule has 0 radical (unpaired) electrons. The van der Waals surface area contributed by atoms with Crippen molar-refractivity contribution in [1.82, 2.24) is 14.9 Å². The van der Waals surface area contributed by atoms with Crippen LogP contribution in [0.15, 0.2) is 12.4 Å². The maximum atomic E-state index is 10.7. The molecule has 0 aromatic carbocycles. The smallest absolute Gasteiger partial charge is 0.390 e. The number of rotatable bonds is 6. The number of nitrogens with one attached hydrogen (secondary N) is 1. The fourth-order valence-electron chi connectivity index (χ4n) is 2.34. The molecule has 2 rings (SSSR count).